The molecule has 1 atom stereocenters. The number of fused-ring (bicyclic) bond motifs is 2. The Balaban J connectivity index is 1.58. The number of ether oxygens (including phenoxy) is 2. The second kappa shape index (κ2) is 8.91. The molecule has 1 unspecified atom stereocenters. The molecule has 0 spiro atoms. The Kier molecular flexibility index (Phi) is 6.32. The van der Waals surface area contributed by atoms with E-state index in [-0.39, 0.29) is 48.0 Å². The lowest BCUT2D eigenvalue weighted by atomic mass is 9.88. The second-order valence-corrected chi connectivity index (χ2v) is 6.29. The second-order valence-electron chi connectivity index (χ2n) is 6.29. The Hall–Kier alpha value is -3.14. The third-order valence-corrected chi connectivity index (χ3v) is 4.19. The normalized spacial score (nSPS) is 13.6. The number of carbonyl (C=O) groups is 4. The van der Waals surface area contributed by atoms with Crippen LogP contribution in [0.5, 0.6) is 0 Å². The standard InChI is InChI=1S/C20H18O9/c21-9-11(22)10-27-5-6-28-17(24)8-15(23)16-7-14-18(25)12-3-1-2-4-13(12)19(26)20(14)29-16/h1-4,7,11,21-22H,5-6,8-10H2. The molecular formula is C20H18O9. The van der Waals surface area contributed by atoms with Gasteiger partial charge in [0.2, 0.25) is 11.6 Å². The number of aliphatic hydroxyl groups excluding tert-OH is 2. The van der Waals surface area contributed by atoms with Crippen molar-refractivity contribution in [2.45, 2.75) is 12.5 Å². The molecule has 1 aliphatic carbocycles. The van der Waals surface area contributed by atoms with Crippen LogP contribution >= 0.6 is 0 Å². The number of esters is 1. The van der Waals surface area contributed by atoms with E-state index in [1.807, 2.05) is 0 Å². The van der Waals surface area contributed by atoms with Gasteiger partial charge in [-0.25, -0.2) is 0 Å². The molecule has 2 aromatic rings. The molecule has 9 nitrogen and oxygen atoms in total. The van der Waals surface area contributed by atoms with Crippen LogP contribution in [0.15, 0.2) is 34.7 Å². The first-order chi connectivity index (χ1) is 13.9. The largest absolute Gasteiger partial charge is 0.463 e. The number of carbonyl (C=O) groups excluding carboxylic acids is 4. The molecule has 0 radical (unpaired) electrons. The van der Waals surface area contributed by atoms with Gasteiger partial charge < -0.3 is 24.1 Å². The monoisotopic (exact) mass is 402 g/mol. The molecule has 3 rings (SSSR count). The SMILES string of the molecule is O=C(CC(=O)c1cc2c(o1)C(=O)c1ccccc1C2=O)OCCOCC(O)CO. The zero-order valence-electron chi connectivity index (χ0n) is 15.3. The van der Waals surface area contributed by atoms with Gasteiger partial charge in [-0.2, -0.15) is 0 Å². The van der Waals surface area contributed by atoms with Crippen molar-refractivity contribution in [2.75, 3.05) is 26.4 Å². The Bertz CT molecular complexity index is 904. The van der Waals surface area contributed by atoms with Crippen LogP contribution in [0.1, 0.15) is 49.0 Å². The van der Waals surface area contributed by atoms with E-state index < -0.39 is 42.5 Å². The molecule has 0 amide bonds. The minimum atomic E-state index is -1.02. The fourth-order valence-electron chi connectivity index (χ4n) is 2.77. The van der Waals surface area contributed by atoms with Gasteiger partial charge in [-0.15, -0.1) is 0 Å². The summed E-state index contributed by atoms with van der Waals surface area (Å²) in [7, 11) is 0. The average molecular weight is 402 g/mol. The number of Topliss-reactive ketones (excluding diaryl/α,β-unsaturated/α-hetero) is 1. The Morgan fingerprint density at radius 2 is 1.72 bits per heavy atom. The molecule has 1 aromatic heterocycles. The minimum absolute atomic E-state index is 0.0127. The van der Waals surface area contributed by atoms with Crippen molar-refractivity contribution >= 4 is 23.3 Å². The molecule has 1 heterocycles. The zero-order valence-corrected chi connectivity index (χ0v) is 15.3. The van der Waals surface area contributed by atoms with E-state index in [2.05, 4.69) is 0 Å². The first-order valence-corrected chi connectivity index (χ1v) is 8.80. The molecular weight excluding hydrogens is 384 g/mol. The summed E-state index contributed by atoms with van der Waals surface area (Å²) in [6.45, 7) is -0.731. The Labute approximate surface area is 164 Å². The summed E-state index contributed by atoms with van der Waals surface area (Å²) in [5, 5.41) is 17.7. The predicted molar refractivity (Wildman–Crippen MR) is 95.8 cm³/mol. The number of ketones is 3. The van der Waals surface area contributed by atoms with Gasteiger partial charge in [0.15, 0.2) is 17.3 Å². The van der Waals surface area contributed by atoms with Crippen LogP contribution in [0.4, 0.5) is 0 Å². The van der Waals surface area contributed by atoms with Gasteiger partial charge in [0.05, 0.1) is 25.4 Å². The summed E-state index contributed by atoms with van der Waals surface area (Å²) in [4.78, 5) is 49.0. The molecule has 1 aliphatic rings. The molecule has 0 aliphatic heterocycles. The van der Waals surface area contributed by atoms with Crippen LogP contribution in [0.3, 0.4) is 0 Å². The summed E-state index contributed by atoms with van der Waals surface area (Å²) >= 11 is 0. The van der Waals surface area contributed by atoms with Crippen molar-refractivity contribution < 1.29 is 43.3 Å². The summed E-state index contributed by atoms with van der Waals surface area (Å²) in [5.41, 5.74) is 0.417. The zero-order chi connectivity index (χ0) is 21.0. The van der Waals surface area contributed by atoms with Crippen LogP contribution in [0.25, 0.3) is 0 Å². The third-order valence-electron chi connectivity index (χ3n) is 4.19. The van der Waals surface area contributed by atoms with E-state index in [9.17, 15) is 19.2 Å². The highest BCUT2D eigenvalue weighted by Gasteiger charge is 2.34. The average Bonchev–Trinajstić information content (AvgIpc) is 3.17. The number of aliphatic hydroxyl groups is 2. The van der Waals surface area contributed by atoms with E-state index in [0.29, 0.717) is 0 Å². The van der Waals surface area contributed by atoms with E-state index in [1.54, 1.807) is 12.1 Å². The van der Waals surface area contributed by atoms with E-state index in [0.717, 1.165) is 0 Å². The highest BCUT2D eigenvalue weighted by molar-refractivity contribution is 6.28. The molecule has 0 saturated carbocycles. The fraction of sp³-hybridized carbons (Fsp3) is 0.300. The maximum atomic E-state index is 12.5. The fourth-order valence-corrected chi connectivity index (χ4v) is 2.77. The number of furan rings is 1. The molecule has 2 N–H and O–H groups in total. The molecule has 0 fully saturated rings. The minimum Gasteiger partial charge on any atom is -0.463 e. The quantitative estimate of drug-likeness (QED) is 0.227. The summed E-state index contributed by atoms with van der Waals surface area (Å²) in [6.07, 6.45) is -1.66. The van der Waals surface area contributed by atoms with E-state index >= 15 is 0 Å². The number of benzene rings is 1. The van der Waals surface area contributed by atoms with Crippen LogP contribution in [-0.4, -0.2) is 66.1 Å². The van der Waals surface area contributed by atoms with Crippen LogP contribution in [0.2, 0.25) is 0 Å². The lowest BCUT2D eigenvalue weighted by molar-refractivity contribution is -0.144. The number of hydrogen-bond acceptors (Lipinski definition) is 9. The Morgan fingerprint density at radius 1 is 1.03 bits per heavy atom. The molecule has 29 heavy (non-hydrogen) atoms. The van der Waals surface area contributed by atoms with E-state index in [4.69, 9.17) is 24.1 Å². The number of rotatable bonds is 9. The summed E-state index contributed by atoms with van der Waals surface area (Å²) in [6, 6.07) is 7.44. The van der Waals surface area contributed by atoms with Gasteiger partial charge in [-0.1, -0.05) is 24.3 Å². The first-order valence-electron chi connectivity index (χ1n) is 8.80. The van der Waals surface area contributed by atoms with Gasteiger partial charge >= 0.3 is 5.97 Å². The molecule has 9 heteroatoms. The van der Waals surface area contributed by atoms with Crippen molar-refractivity contribution in [1.82, 2.24) is 0 Å². The molecule has 152 valence electrons. The highest BCUT2D eigenvalue weighted by Crippen LogP contribution is 2.30. The van der Waals surface area contributed by atoms with Crippen molar-refractivity contribution in [3.05, 3.63) is 58.5 Å². The van der Waals surface area contributed by atoms with Crippen LogP contribution in [0, 0.1) is 0 Å². The highest BCUT2D eigenvalue weighted by atomic mass is 16.6. The van der Waals surface area contributed by atoms with Gasteiger partial charge in [-0.3, -0.25) is 19.2 Å². The van der Waals surface area contributed by atoms with Crippen LogP contribution in [-0.2, 0) is 14.3 Å². The van der Waals surface area contributed by atoms with Crippen molar-refractivity contribution in [1.29, 1.82) is 0 Å². The van der Waals surface area contributed by atoms with Crippen molar-refractivity contribution in [3.63, 3.8) is 0 Å². The number of hydrogen-bond donors (Lipinski definition) is 2. The van der Waals surface area contributed by atoms with Crippen molar-refractivity contribution in [2.24, 2.45) is 0 Å². The molecule has 1 aromatic carbocycles. The predicted octanol–water partition coefficient (Wildman–Crippen LogP) is 0.541. The van der Waals surface area contributed by atoms with Crippen molar-refractivity contribution in [3.8, 4) is 0 Å². The van der Waals surface area contributed by atoms with E-state index in [1.165, 1.54) is 18.2 Å². The van der Waals surface area contributed by atoms with Gasteiger partial charge in [0.25, 0.3) is 0 Å². The summed E-state index contributed by atoms with van der Waals surface area (Å²) in [5.74, 6) is -2.99. The Morgan fingerprint density at radius 3 is 2.41 bits per heavy atom. The van der Waals surface area contributed by atoms with Gasteiger partial charge in [0, 0.05) is 11.1 Å². The molecule has 0 bridgehead atoms. The lowest BCUT2D eigenvalue weighted by Crippen LogP contribution is -2.21. The topological polar surface area (TPSA) is 140 Å². The maximum Gasteiger partial charge on any atom is 0.313 e. The van der Waals surface area contributed by atoms with Crippen LogP contribution < -0.4 is 0 Å². The first kappa shape index (κ1) is 20.6. The van der Waals surface area contributed by atoms with Gasteiger partial charge in [-0.05, 0) is 6.07 Å². The lowest BCUT2D eigenvalue weighted by Gasteiger charge is -2.11. The maximum absolute atomic E-state index is 12.5. The van der Waals surface area contributed by atoms with Gasteiger partial charge in [0.1, 0.15) is 19.1 Å². The summed E-state index contributed by atoms with van der Waals surface area (Å²) < 4.78 is 15.1. The smallest absolute Gasteiger partial charge is 0.313 e. The molecule has 0 saturated heterocycles. The third kappa shape index (κ3) is 4.48.